The van der Waals surface area contributed by atoms with Crippen molar-refractivity contribution in [3.05, 3.63) is 35.1 Å². The summed E-state index contributed by atoms with van der Waals surface area (Å²) < 4.78 is 5.02. The number of carbonyl (C=O) groups excluding carboxylic acids is 3. The quantitative estimate of drug-likeness (QED) is 0.775. The third-order valence-corrected chi connectivity index (χ3v) is 2.73. The average Bonchev–Trinajstić information content (AvgIpc) is 2.87. The van der Waals surface area contributed by atoms with Gasteiger partial charge in [-0.05, 0) is 23.9 Å². The minimum absolute atomic E-state index is 0.0898. The Morgan fingerprint density at radius 2 is 2.35 bits per heavy atom. The molecule has 0 spiro atoms. The van der Waals surface area contributed by atoms with Gasteiger partial charge in [-0.3, -0.25) is 19.7 Å². The number of furan rings is 1. The van der Waals surface area contributed by atoms with Crippen LogP contribution in [0.3, 0.4) is 0 Å². The normalized spacial score (nSPS) is 17.3. The van der Waals surface area contributed by atoms with Gasteiger partial charge in [0, 0.05) is 6.08 Å². The highest BCUT2D eigenvalue weighted by molar-refractivity contribution is 8.18. The van der Waals surface area contributed by atoms with E-state index in [1.54, 1.807) is 12.1 Å². The van der Waals surface area contributed by atoms with E-state index < -0.39 is 17.1 Å². The van der Waals surface area contributed by atoms with E-state index in [-0.39, 0.29) is 11.4 Å². The number of amides is 3. The molecule has 17 heavy (non-hydrogen) atoms. The Bertz CT molecular complexity index is 492. The molecule has 2 N–H and O–H groups in total. The smallest absolute Gasteiger partial charge is 0.290 e. The van der Waals surface area contributed by atoms with Gasteiger partial charge in [-0.1, -0.05) is 0 Å². The van der Waals surface area contributed by atoms with Crippen LogP contribution in [0.15, 0.2) is 33.8 Å². The van der Waals surface area contributed by atoms with Gasteiger partial charge in [0.15, 0.2) is 0 Å². The van der Waals surface area contributed by atoms with Crippen LogP contribution in [-0.4, -0.2) is 17.1 Å². The van der Waals surface area contributed by atoms with E-state index in [0.717, 1.165) is 6.08 Å². The van der Waals surface area contributed by atoms with Crippen LogP contribution in [0, 0.1) is 0 Å². The lowest BCUT2D eigenvalue weighted by atomic mass is 10.4. The third-order valence-electron chi connectivity index (χ3n) is 1.92. The van der Waals surface area contributed by atoms with Gasteiger partial charge >= 0.3 is 0 Å². The van der Waals surface area contributed by atoms with Crippen LogP contribution < -0.4 is 10.6 Å². The van der Waals surface area contributed by atoms with E-state index in [1.165, 1.54) is 6.26 Å². The molecule has 1 aliphatic heterocycles. The molecule has 1 aromatic heterocycles. The monoisotopic (exact) mass is 252 g/mol. The predicted octanol–water partition coefficient (Wildman–Crippen LogP) is 0.763. The van der Waals surface area contributed by atoms with Crippen molar-refractivity contribution >= 4 is 28.8 Å². The van der Waals surface area contributed by atoms with Gasteiger partial charge in [0.05, 0.1) is 17.7 Å². The molecular weight excluding hydrogens is 244 g/mol. The summed E-state index contributed by atoms with van der Waals surface area (Å²) in [6.07, 6.45) is 2.59. The van der Waals surface area contributed by atoms with Crippen LogP contribution in [0.4, 0.5) is 4.79 Å². The molecule has 7 heteroatoms. The van der Waals surface area contributed by atoms with Crippen LogP contribution in [-0.2, 0) is 16.1 Å². The number of rotatable bonds is 3. The van der Waals surface area contributed by atoms with Crippen molar-refractivity contribution < 1.29 is 18.8 Å². The standard InChI is InChI=1S/C10H8N2O4S/c13-8(11-5-6-2-1-3-16-6)4-7-9(14)12-10(15)17-7/h1-4H,5H2,(H,11,13)(H,12,14,15)/b7-4-. The van der Waals surface area contributed by atoms with Crippen LogP contribution >= 0.6 is 11.8 Å². The second-order valence-electron chi connectivity index (χ2n) is 3.15. The van der Waals surface area contributed by atoms with Crippen molar-refractivity contribution in [1.29, 1.82) is 0 Å². The zero-order valence-corrected chi connectivity index (χ0v) is 9.37. The highest BCUT2D eigenvalue weighted by Gasteiger charge is 2.25. The Kier molecular flexibility index (Phi) is 3.29. The Morgan fingerprint density at radius 1 is 1.53 bits per heavy atom. The Morgan fingerprint density at radius 3 is 2.94 bits per heavy atom. The Labute approximate surface area is 100 Å². The molecule has 2 rings (SSSR count). The molecule has 1 aromatic rings. The molecule has 0 radical (unpaired) electrons. The summed E-state index contributed by atoms with van der Waals surface area (Å²) in [5, 5.41) is 4.12. The third kappa shape index (κ3) is 2.97. The van der Waals surface area contributed by atoms with Crippen molar-refractivity contribution in [3.63, 3.8) is 0 Å². The highest BCUT2D eigenvalue weighted by atomic mass is 32.2. The molecule has 3 amide bonds. The largest absolute Gasteiger partial charge is 0.467 e. The van der Waals surface area contributed by atoms with E-state index in [1.807, 2.05) is 0 Å². The SMILES string of the molecule is O=C(/C=C1\SC(=O)NC1=O)NCc1ccco1. The fraction of sp³-hybridized carbons (Fsp3) is 0.100. The molecule has 0 unspecified atom stereocenters. The second kappa shape index (κ2) is 4.88. The van der Waals surface area contributed by atoms with Crippen LogP contribution in [0.2, 0.25) is 0 Å². The maximum Gasteiger partial charge on any atom is 0.290 e. The Hall–Kier alpha value is -2.02. The van der Waals surface area contributed by atoms with Gasteiger partial charge < -0.3 is 9.73 Å². The maximum atomic E-state index is 11.4. The summed E-state index contributed by atoms with van der Waals surface area (Å²) in [6.45, 7) is 0.232. The first-order valence-corrected chi connectivity index (χ1v) is 5.52. The summed E-state index contributed by atoms with van der Waals surface area (Å²) >= 11 is 0.703. The number of nitrogens with one attached hydrogen (secondary N) is 2. The maximum absolute atomic E-state index is 11.4. The fourth-order valence-corrected chi connectivity index (χ4v) is 1.83. The number of hydrogen-bond acceptors (Lipinski definition) is 5. The number of carbonyl (C=O) groups is 3. The van der Waals surface area contributed by atoms with Gasteiger partial charge in [0.2, 0.25) is 5.91 Å². The van der Waals surface area contributed by atoms with Crippen molar-refractivity contribution in [2.24, 2.45) is 0 Å². The first-order valence-electron chi connectivity index (χ1n) is 4.70. The van der Waals surface area contributed by atoms with E-state index in [0.29, 0.717) is 17.5 Å². The zero-order valence-electron chi connectivity index (χ0n) is 8.56. The summed E-state index contributed by atoms with van der Waals surface area (Å²) in [7, 11) is 0. The van der Waals surface area contributed by atoms with Gasteiger partial charge in [0.25, 0.3) is 11.1 Å². The van der Waals surface area contributed by atoms with Gasteiger partial charge in [-0.15, -0.1) is 0 Å². The first kappa shape index (κ1) is 11.5. The lowest BCUT2D eigenvalue weighted by Gasteiger charge is -1.98. The van der Waals surface area contributed by atoms with Crippen LogP contribution in [0.1, 0.15) is 5.76 Å². The topological polar surface area (TPSA) is 88.4 Å². The molecule has 0 atom stereocenters. The molecule has 1 fully saturated rings. The second-order valence-corrected chi connectivity index (χ2v) is 4.16. The molecule has 0 aromatic carbocycles. The molecule has 0 saturated carbocycles. The first-order chi connectivity index (χ1) is 8.15. The molecular formula is C10H8N2O4S. The van der Waals surface area contributed by atoms with Crippen LogP contribution in [0.5, 0.6) is 0 Å². The summed E-state index contributed by atoms with van der Waals surface area (Å²) in [5.74, 6) is -0.391. The van der Waals surface area contributed by atoms with Crippen molar-refractivity contribution in [1.82, 2.24) is 10.6 Å². The van der Waals surface area contributed by atoms with Gasteiger partial charge in [-0.25, -0.2) is 0 Å². The van der Waals surface area contributed by atoms with Crippen molar-refractivity contribution in [2.45, 2.75) is 6.54 Å². The molecule has 1 saturated heterocycles. The molecule has 2 heterocycles. The van der Waals surface area contributed by atoms with Crippen molar-refractivity contribution in [2.75, 3.05) is 0 Å². The van der Waals surface area contributed by atoms with Gasteiger partial charge in [0.1, 0.15) is 5.76 Å². The number of thioether (sulfide) groups is 1. The summed E-state index contributed by atoms with van der Waals surface area (Å²) in [6, 6.07) is 3.42. The van der Waals surface area contributed by atoms with Gasteiger partial charge in [-0.2, -0.15) is 0 Å². The lowest BCUT2D eigenvalue weighted by Crippen LogP contribution is -2.22. The predicted molar refractivity (Wildman–Crippen MR) is 59.8 cm³/mol. The number of imide groups is 1. The Balaban J connectivity index is 1.91. The van der Waals surface area contributed by atoms with E-state index in [4.69, 9.17) is 4.42 Å². The van der Waals surface area contributed by atoms with Crippen molar-refractivity contribution in [3.8, 4) is 0 Å². The molecule has 0 aliphatic carbocycles. The summed E-state index contributed by atoms with van der Waals surface area (Å²) in [4.78, 5) is 33.5. The van der Waals surface area contributed by atoms with E-state index >= 15 is 0 Å². The fourth-order valence-electron chi connectivity index (χ4n) is 1.18. The molecule has 1 aliphatic rings. The molecule has 0 bridgehead atoms. The van der Waals surface area contributed by atoms with E-state index in [2.05, 4.69) is 10.6 Å². The minimum atomic E-state index is -0.548. The molecule has 6 nitrogen and oxygen atoms in total. The zero-order chi connectivity index (χ0) is 12.3. The highest BCUT2D eigenvalue weighted by Crippen LogP contribution is 2.22. The lowest BCUT2D eigenvalue weighted by molar-refractivity contribution is -0.118. The summed E-state index contributed by atoms with van der Waals surface area (Å²) in [5.41, 5.74) is 0. The molecule has 88 valence electrons. The van der Waals surface area contributed by atoms with E-state index in [9.17, 15) is 14.4 Å². The number of hydrogen-bond donors (Lipinski definition) is 2. The van der Waals surface area contributed by atoms with Crippen LogP contribution in [0.25, 0.3) is 0 Å². The minimum Gasteiger partial charge on any atom is -0.467 e. The average molecular weight is 252 g/mol.